The highest BCUT2D eigenvalue weighted by molar-refractivity contribution is 5.68. The van der Waals surface area contributed by atoms with Gasteiger partial charge in [0.25, 0.3) is 0 Å². The Morgan fingerprint density at radius 3 is 2.53 bits per heavy atom. The van der Waals surface area contributed by atoms with E-state index >= 15 is 0 Å². The van der Waals surface area contributed by atoms with Crippen LogP contribution in [-0.2, 0) is 4.74 Å². The maximum absolute atomic E-state index is 11.7. The molecule has 0 heterocycles. The fourth-order valence-electron chi connectivity index (χ4n) is 1.63. The molecule has 2 N–H and O–H groups in total. The average molecular weight is 267 g/mol. The first-order valence-corrected chi connectivity index (χ1v) is 6.10. The smallest absolute Gasteiger partial charge is 0.408 e. The van der Waals surface area contributed by atoms with Crippen molar-refractivity contribution in [2.45, 2.75) is 32.4 Å². The van der Waals surface area contributed by atoms with E-state index in [9.17, 15) is 9.90 Å². The van der Waals surface area contributed by atoms with Crippen molar-refractivity contribution in [3.05, 3.63) is 29.8 Å². The zero-order chi connectivity index (χ0) is 14.5. The number of alkyl carbamates (subject to hydrolysis) is 1. The van der Waals surface area contributed by atoms with Gasteiger partial charge in [-0.25, -0.2) is 4.79 Å². The lowest BCUT2D eigenvalue weighted by molar-refractivity contribution is 0.0481. The Morgan fingerprint density at radius 1 is 1.37 bits per heavy atom. The van der Waals surface area contributed by atoms with Gasteiger partial charge in [-0.3, -0.25) is 0 Å². The number of rotatable bonds is 4. The molecule has 5 heteroatoms. The third kappa shape index (κ3) is 4.79. The lowest BCUT2D eigenvalue weighted by atomic mass is 10.1. The fourth-order valence-corrected chi connectivity index (χ4v) is 1.63. The highest BCUT2D eigenvalue weighted by Crippen LogP contribution is 2.24. The predicted molar refractivity (Wildman–Crippen MR) is 72.2 cm³/mol. The van der Waals surface area contributed by atoms with Gasteiger partial charge in [0.05, 0.1) is 19.8 Å². The standard InChI is InChI=1S/C14H21NO4/c1-14(2,3)19-13(17)15-11(9-16)10-7-5-6-8-12(10)18-4/h5-8,11,16H,9H2,1-4H3,(H,15,17)/t11-/m1/s1. The molecule has 0 spiro atoms. The summed E-state index contributed by atoms with van der Waals surface area (Å²) in [5, 5.41) is 12.0. The number of aliphatic hydroxyl groups excluding tert-OH is 1. The molecule has 0 aliphatic heterocycles. The Hall–Kier alpha value is -1.75. The van der Waals surface area contributed by atoms with Crippen molar-refractivity contribution in [1.82, 2.24) is 5.32 Å². The first kappa shape index (κ1) is 15.3. The van der Waals surface area contributed by atoms with Crippen molar-refractivity contribution in [2.24, 2.45) is 0 Å². The van der Waals surface area contributed by atoms with Crippen molar-refractivity contribution in [3.8, 4) is 5.75 Å². The third-order valence-electron chi connectivity index (χ3n) is 2.39. The van der Waals surface area contributed by atoms with E-state index in [2.05, 4.69) is 5.32 Å². The van der Waals surface area contributed by atoms with Crippen LogP contribution in [0.2, 0.25) is 0 Å². The van der Waals surface area contributed by atoms with Gasteiger partial charge in [-0.1, -0.05) is 18.2 Å². The summed E-state index contributed by atoms with van der Waals surface area (Å²) >= 11 is 0. The molecule has 1 amide bonds. The monoisotopic (exact) mass is 267 g/mol. The SMILES string of the molecule is COc1ccccc1[C@@H](CO)NC(=O)OC(C)(C)C. The Balaban J connectivity index is 2.81. The normalized spacial score (nSPS) is 12.7. The molecule has 0 saturated heterocycles. The van der Waals surface area contributed by atoms with Crippen LogP contribution in [0.5, 0.6) is 5.75 Å². The molecular weight excluding hydrogens is 246 g/mol. The Bertz CT molecular complexity index is 426. The lowest BCUT2D eigenvalue weighted by Crippen LogP contribution is -2.36. The van der Waals surface area contributed by atoms with Crippen molar-refractivity contribution >= 4 is 6.09 Å². The quantitative estimate of drug-likeness (QED) is 0.878. The van der Waals surface area contributed by atoms with E-state index < -0.39 is 17.7 Å². The van der Waals surface area contributed by atoms with Crippen LogP contribution in [0, 0.1) is 0 Å². The maximum Gasteiger partial charge on any atom is 0.408 e. The number of methoxy groups -OCH3 is 1. The van der Waals surface area contributed by atoms with Crippen LogP contribution in [0.4, 0.5) is 4.79 Å². The summed E-state index contributed by atoms with van der Waals surface area (Å²) < 4.78 is 10.4. The van der Waals surface area contributed by atoms with Gasteiger partial charge in [0.1, 0.15) is 11.4 Å². The molecule has 1 rings (SSSR count). The summed E-state index contributed by atoms with van der Waals surface area (Å²) in [4.78, 5) is 11.7. The second kappa shape index (κ2) is 6.43. The molecule has 0 bridgehead atoms. The number of amides is 1. The van der Waals surface area contributed by atoms with E-state index in [0.717, 1.165) is 0 Å². The summed E-state index contributed by atoms with van der Waals surface area (Å²) in [6.07, 6.45) is -0.572. The number of hydrogen-bond donors (Lipinski definition) is 2. The molecule has 1 atom stereocenters. The van der Waals surface area contributed by atoms with Crippen LogP contribution >= 0.6 is 0 Å². The summed E-state index contributed by atoms with van der Waals surface area (Å²) in [5.41, 5.74) is 0.128. The summed E-state index contributed by atoms with van der Waals surface area (Å²) in [5.74, 6) is 0.609. The predicted octanol–water partition coefficient (Wildman–Crippen LogP) is 2.25. The fraction of sp³-hybridized carbons (Fsp3) is 0.500. The van der Waals surface area contributed by atoms with E-state index in [1.54, 1.807) is 40.0 Å². The number of carbonyl (C=O) groups excluding carboxylic acids is 1. The third-order valence-corrected chi connectivity index (χ3v) is 2.39. The minimum Gasteiger partial charge on any atom is -0.496 e. The number of para-hydroxylation sites is 1. The number of nitrogens with one attached hydrogen (secondary N) is 1. The molecule has 0 unspecified atom stereocenters. The molecule has 0 aliphatic carbocycles. The van der Waals surface area contributed by atoms with E-state index in [4.69, 9.17) is 9.47 Å². The van der Waals surface area contributed by atoms with Gasteiger partial charge in [-0.05, 0) is 26.8 Å². The van der Waals surface area contributed by atoms with Crippen LogP contribution in [-0.4, -0.2) is 30.5 Å². The van der Waals surface area contributed by atoms with Gasteiger partial charge in [0, 0.05) is 5.56 Å². The molecule has 5 nitrogen and oxygen atoms in total. The largest absolute Gasteiger partial charge is 0.496 e. The number of aliphatic hydroxyl groups is 1. The van der Waals surface area contributed by atoms with E-state index in [0.29, 0.717) is 11.3 Å². The van der Waals surface area contributed by atoms with Crippen LogP contribution < -0.4 is 10.1 Å². The molecule has 0 aromatic heterocycles. The minimum absolute atomic E-state index is 0.236. The van der Waals surface area contributed by atoms with Crippen LogP contribution in [0.1, 0.15) is 32.4 Å². The Morgan fingerprint density at radius 2 is 2.00 bits per heavy atom. The zero-order valence-electron chi connectivity index (χ0n) is 11.8. The number of benzene rings is 1. The number of carbonyl (C=O) groups is 1. The summed E-state index contributed by atoms with van der Waals surface area (Å²) in [6.45, 7) is 5.11. The molecule has 1 aromatic rings. The van der Waals surface area contributed by atoms with Crippen molar-refractivity contribution < 1.29 is 19.4 Å². The van der Waals surface area contributed by atoms with Gasteiger partial charge in [-0.15, -0.1) is 0 Å². The van der Waals surface area contributed by atoms with Gasteiger partial charge >= 0.3 is 6.09 Å². The molecule has 0 radical (unpaired) electrons. The van der Waals surface area contributed by atoms with E-state index in [1.165, 1.54) is 0 Å². The Labute approximate surface area is 113 Å². The highest BCUT2D eigenvalue weighted by atomic mass is 16.6. The van der Waals surface area contributed by atoms with Crippen LogP contribution in [0.15, 0.2) is 24.3 Å². The van der Waals surface area contributed by atoms with Gasteiger partial charge in [0.2, 0.25) is 0 Å². The van der Waals surface area contributed by atoms with Crippen molar-refractivity contribution in [1.29, 1.82) is 0 Å². The second-order valence-electron chi connectivity index (χ2n) is 5.12. The maximum atomic E-state index is 11.7. The minimum atomic E-state index is -0.579. The molecular formula is C14H21NO4. The van der Waals surface area contributed by atoms with Crippen LogP contribution in [0.25, 0.3) is 0 Å². The molecule has 0 saturated carbocycles. The van der Waals surface area contributed by atoms with Gasteiger partial charge in [-0.2, -0.15) is 0 Å². The Kier molecular flexibility index (Phi) is 5.18. The first-order valence-electron chi connectivity index (χ1n) is 6.10. The molecule has 0 fully saturated rings. The molecule has 19 heavy (non-hydrogen) atoms. The van der Waals surface area contributed by atoms with Crippen LogP contribution in [0.3, 0.4) is 0 Å². The van der Waals surface area contributed by atoms with Gasteiger partial charge in [0.15, 0.2) is 0 Å². The van der Waals surface area contributed by atoms with E-state index in [1.807, 2.05) is 12.1 Å². The molecule has 106 valence electrons. The molecule has 1 aromatic carbocycles. The second-order valence-corrected chi connectivity index (χ2v) is 5.12. The highest BCUT2D eigenvalue weighted by Gasteiger charge is 2.21. The number of hydrogen-bond acceptors (Lipinski definition) is 4. The van der Waals surface area contributed by atoms with Gasteiger partial charge < -0.3 is 19.9 Å². The summed E-state index contributed by atoms with van der Waals surface area (Å²) in [6, 6.07) is 6.64. The summed E-state index contributed by atoms with van der Waals surface area (Å²) in [7, 11) is 1.54. The molecule has 0 aliphatic rings. The van der Waals surface area contributed by atoms with Crippen molar-refractivity contribution in [2.75, 3.05) is 13.7 Å². The lowest BCUT2D eigenvalue weighted by Gasteiger charge is -2.23. The topological polar surface area (TPSA) is 67.8 Å². The average Bonchev–Trinajstić information content (AvgIpc) is 2.33. The zero-order valence-corrected chi connectivity index (χ0v) is 11.8. The van der Waals surface area contributed by atoms with Crippen molar-refractivity contribution in [3.63, 3.8) is 0 Å². The number of ether oxygens (including phenoxy) is 2. The first-order chi connectivity index (χ1) is 8.87. The van der Waals surface area contributed by atoms with E-state index in [-0.39, 0.29) is 6.61 Å².